The molecule has 5 nitrogen and oxygen atoms in total. The SMILES string of the molecule is CCc1ccc(N2C(=O)S/C(=C\c3ccc(OCc4ccccc4Cl)c(OC)c3)C2=O)cc1. The van der Waals surface area contributed by atoms with E-state index in [1.54, 1.807) is 37.5 Å². The van der Waals surface area contributed by atoms with Crippen LogP contribution in [0.5, 0.6) is 11.5 Å². The van der Waals surface area contributed by atoms with Gasteiger partial charge in [0.15, 0.2) is 11.5 Å². The number of thioether (sulfide) groups is 1. The Bertz CT molecular complexity index is 1220. The van der Waals surface area contributed by atoms with E-state index in [4.69, 9.17) is 21.1 Å². The predicted molar refractivity (Wildman–Crippen MR) is 133 cm³/mol. The summed E-state index contributed by atoms with van der Waals surface area (Å²) in [7, 11) is 1.55. The number of nitrogens with zero attached hydrogens (tertiary/aromatic N) is 1. The van der Waals surface area contributed by atoms with Gasteiger partial charge >= 0.3 is 0 Å². The second kappa shape index (κ2) is 10.1. The van der Waals surface area contributed by atoms with Gasteiger partial charge in [-0.15, -0.1) is 0 Å². The standard InChI is InChI=1S/C26H22ClNO4S/c1-3-17-8-11-20(12-9-17)28-25(29)24(33-26(28)30)15-18-10-13-22(23(14-18)31-2)32-16-19-6-4-5-7-21(19)27/h4-15H,3,16H2,1-2H3/b24-15-. The molecule has 0 bridgehead atoms. The van der Waals surface area contributed by atoms with E-state index < -0.39 is 0 Å². The molecule has 1 aliphatic heterocycles. The third-order valence-electron chi connectivity index (χ3n) is 5.22. The molecule has 168 valence electrons. The first-order valence-corrected chi connectivity index (χ1v) is 11.6. The number of hydrogen-bond donors (Lipinski definition) is 0. The number of aryl methyl sites for hydroxylation is 1. The molecule has 0 N–H and O–H groups in total. The van der Waals surface area contributed by atoms with Crippen LogP contribution >= 0.6 is 23.4 Å². The first-order chi connectivity index (χ1) is 16.0. The van der Waals surface area contributed by atoms with Gasteiger partial charge < -0.3 is 9.47 Å². The number of carbonyl (C=O) groups excluding carboxylic acids is 2. The lowest BCUT2D eigenvalue weighted by Crippen LogP contribution is -2.27. The first-order valence-electron chi connectivity index (χ1n) is 10.4. The molecule has 0 aliphatic carbocycles. The molecule has 0 spiro atoms. The van der Waals surface area contributed by atoms with E-state index in [0.717, 1.165) is 34.9 Å². The van der Waals surface area contributed by atoms with E-state index in [9.17, 15) is 9.59 Å². The topological polar surface area (TPSA) is 55.8 Å². The molecule has 1 saturated heterocycles. The van der Waals surface area contributed by atoms with Crippen LogP contribution in [0.25, 0.3) is 6.08 Å². The van der Waals surface area contributed by atoms with Crippen molar-refractivity contribution in [3.8, 4) is 11.5 Å². The fourth-order valence-electron chi connectivity index (χ4n) is 3.39. The number of methoxy groups -OCH3 is 1. The zero-order valence-electron chi connectivity index (χ0n) is 18.2. The number of imide groups is 1. The maximum Gasteiger partial charge on any atom is 0.298 e. The van der Waals surface area contributed by atoms with E-state index >= 15 is 0 Å². The van der Waals surface area contributed by atoms with Crippen molar-refractivity contribution in [3.05, 3.63) is 93.3 Å². The Hall–Kier alpha value is -3.22. The van der Waals surface area contributed by atoms with Crippen LogP contribution < -0.4 is 14.4 Å². The summed E-state index contributed by atoms with van der Waals surface area (Å²) < 4.78 is 11.4. The smallest absolute Gasteiger partial charge is 0.298 e. The highest BCUT2D eigenvalue weighted by atomic mass is 35.5. The van der Waals surface area contributed by atoms with Crippen LogP contribution in [-0.2, 0) is 17.8 Å². The fourth-order valence-corrected chi connectivity index (χ4v) is 4.42. The molecule has 1 fully saturated rings. The fraction of sp³-hybridized carbons (Fsp3) is 0.154. The molecule has 0 aromatic heterocycles. The van der Waals surface area contributed by atoms with Crippen molar-refractivity contribution < 1.29 is 19.1 Å². The lowest BCUT2D eigenvalue weighted by Gasteiger charge is -2.13. The monoisotopic (exact) mass is 479 g/mol. The second-order valence-electron chi connectivity index (χ2n) is 7.33. The van der Waals surface area contributed by atoms with Gasteiger partial charge in [0, 0.05) is 10.6 Å². The normalized spacial score (nSPS) is 14.8. The molecular formula is C26H22ClNO4S. The van der Waals surface area contributed by atoms with Crippen molar-refractivity contribution in [2.45, 2.75) is 20.0 Å². The molecule has 0 radical (unpaired) electrons. The van der Waals surface area contributed by atoms with Crippen molar-refractivity contribution in [2.24, 2.45) is 0 Å². The Morgan fingerprint density at radius 2 is 1.76 bits per heavy atom. The Balaban J connectivity index is 1.53. The molecule has 1 aliphatic rings. The molecule has 2 amide bonds. The van der Waals surface area contributed by atoms with E-state index in [0.29, 0.717) is 33.7 Å². The van der Waals surface area contributed by atoms with Gasteiger partial charge in [0.1, 0.15) is 6.61 Å². The van der Waals surface area contributed by atoms with Crippen LogP contribution in [0, 0.1) is 0 Å². The minimum atomic E-state index is -0.340. The summed E-state index contributed by atoms with van der Waals surface area (Å²) in [5.74, 6) is 0.733. The van der Waals surface area contributed by atoms with E-state index in [1.807, 2.05) is 42.5 Å². The highest BCUT2D eigenvalue weighted by molar-refractivity contribution is 8.19. The minimum absolute atomic E-state index is 0.297. The van der Waals surface area contributed by atoms with E-state index in [1.165, 1.54) is 4.90 Å². The molecule has 3 aromatic carbocycles. The molecular weight excluding hydrogens is 458 g/mol. The summed E-state index contributed by atoms with van der Waals surface area (Å²) in [5, 5.41) is 0.315. The lowest BCUT2D eigenvalue weighted by molar-refractivity contribution is -0.113. The number of benzene rings is 3. The van der Waals surface area contributed by atoms with Crippen LogP contribution in [0.1, 0.15) is 23.6 Å². The number of anilines is 1. The van der Waals surface area contributed by atoms with Crippen molar-refractivity contribution in [1.82, 2.24) is 0 Å². The highest BCUT2D eigenvalue weighted by Crippen LogP contribution is 2.37. The summed E-state index contributed by atoms with van der Waals surface area (Å²) >= 11 is 7.12. The number of rotatable bonds is 7. The predicted octanol–water partition coefficient (Wildman–Crippen LogP) is 6.73. The van der Waals surface area contributed by atoms with Crippen molar-refractivity contribution in [3.63, 3.8) is 0 Å². The number of halogens is 1. The molecule has 3 aromatic rings. The van der Waals surface area contributed by atoms with Gasteiger partial charge in [0.25, 0.3) is 11.1 Å². The summed E-state index contributed by atoms with van der Waals surface area (Å²) in [6, 6.07) is 20.3. The van der Waals surface area contributed by atoms with Crippen LogP contribution in [0.3, 0.4) is 0 Å². The number of ether oxygens (including phenoxy) is 2. The zero-order chi connectivity index (χ0) is 23.4. The average molecular weight is 480 g/mol. The molecule has 4 rings (SSSR count). The van der Waals surface area contributed by atoms with Crippen LogP contribution in [0.4, 0.5) is 10.5 Å². The summed E-state index contributed by atoms with van der Waals surface area (Å²) in [4.78, 5) is 27.0. The Morgan fingerprint density at radius 1 is 1.00 bits per heavy atom. The maximum absolute atomic E-state index is 12.9. The van der Waals surface area contributed by atoms with E-state index in [-0.39, 0.29) is 11.1 Å². The third kappa shape index (κ3) is 5.07. The van der Waals surface area contributed by atoms with Gasteiger partial charge in [-0.25, -0.2) is 4.90 Å². The third-order valence-corrected chi connectivity index (χ3v) is 6.46. The van der Waals surface area contributed by atoms with Gasteiger partial charge in [-0.05, 0) is 65.7 Å². The quantitative estimate of drug-likeness (QED) is 0.351. The van der Waals surface area contributed by atoms with Crippen LogP contribution in [0.2, 0.25) is 5.02 Å². The Labute approximate surface area is 202 Å². The van der Waals surface area contributed by atoms with Crippen molar-refractivity contribution in [2.75, 3.05) is 12.0 Å². The molecule has 7 heteroatoms. The maximum atomic E-state index is 12.9. The first kappa shape index (κ1) is 23.0. The van der Waals surface area contributed by atoms with Gasteiger partial charge in [0.2, 0.25) is 0 Å². The number of carbonyl (C=O) groups is 2. The highest BCUT2D eigenvalue weighted by Gasteiger charge is 2.36. The number of amides is 2. The number of hydrogen-bond acceptors (Lipinski definition) is 5. The lowest BCUT2D eigenvalue weighted by atomic mass is 10.1. The largest absolute Gasteiger partial charge is 0.493 e. The van der Waals surface area contributed by atoms with Gasteiger partial charge in [-0.2, -0.15) is 0 Å². The minimum Gasteiger partial charge on any atom is -0.493 e. The Kier molecular flexibility index (Phi) is 7.06. The van der Waals surface area contributed by atoms with Crippen LogP contribution in [-0.4, -0.2) is 18.3 Å². The van der Waals surface area contributed by atoms with E-state index in [2.05, 4.69) is 6.92 Å². The second-order valence-corrected chi connectivity index (χ2v) is 8.73. The van der Waals surface area contributed by atoms with Crippen molar-refractivity contribution >= 4 is 46.3 Å². The summed E-state index contributed by atoms with van der Waals surface area (Å²) in [5.41, 5.74) is 3.30. The Morgan fingerprint density at radius 3 is 2.45 bits per heavy atom. The average Bonchev–Trinajstić information content (AvgIpc) is 3.11. The molecule has 1 heterocycles. The molecule has 0 saturated carbocycles. The molecule has 33 heavy (non-hydrogen) atoms. The molecule has 0 unspecified atom stereocenters. The van der Waals surface area contributed by atoms with Crippen molar-refractivity contribution in [1.29, 1.82) is 0 Å². The van der Waals surface area contributed by atoms with Gasteiger partial charge in [-0.3, -0.25) is 9.59 Å². The van der Waals surface area contributed by atoms with Gasteiger partial charge in [0.05, 0.1) is 17.7 Å². The van der Waals surface area contributed by atoms with Gasteiger partial charge in [-0.1, -0.05) is 54.9 Å². The summed E-state index contributed by atoms with van der Waals surface area (Å²) in [6.07, 6.45) is 2.58. The molecule has 0 atom stereocenters. The summed E-state index contributed by atoms with van der Waals surface area (Å²) in [6.45, 7) is 2.35. The zero-order valence-corrected chi connectivity index (χ0v) is 19.8. The van der Waals surface area contributed by atoms with Crippen LogP contribution in [0.15, 0.2) is 71.6 Å².